The fourth-order valence-electron chi connectivity index (χ4n) is 1.36. The van der Waals surface area contributed by atoms with Gasteiger partial charge in [-0.3, -0.25) is 0 Å². The number of aliphatic hydroxyl groups excluding tert-OH is 1. The number of ether oxygens (including phenoxy) is 1. The molecule has 0 aliphatic carbocycles. The molecule has 0 atom stereocenters. The van der Waals surface area contributed by atoms with Gasteiger partial charge in [-0.25, -0.2) is 0 Å². The van der Waals surface area contributed by atoms with Crippen LogP contribution in [0.15, 0.2) is 18.2 Å². The van der Waals surface area contributed by atoms with Crippen molar-refractivity contribution >= 4 is 29.6 Å². The van der Waals surface area contributed by atoms with Crippen molar-refractivity contribution < 1.29 is 9.84 Å². The maximum atomic E-state index is 8.99. The molecule has 3 heteroatoms. The average molecular weight is 203 g/mol. The Balaban J connectivity index is 0.00000169. The molecular formula is C11H16NaO2. The Bertz CT molecular complexity index is 274. The normalized spacial score (nSPS) is 9.36. The SMILES string of the molecule is CCCc1ccc(CO)c(OC)c1.[Na]. The zero-order chi connectivity index (χ0) is 9.68. The molecule has 0 amide bonds. The molecule has 0 aliphatic heterocycles. The number of aliphatic hydroxyl groups is 1. The van der Waals surface area contributed by atoms with Crippen LogP contribution in [0.4, 0.5) is 0 Å². The van der Waals surface area contributed by atoms with Crippen molar-refractivity contribution in [3.8, 4) is 5.75 Å². The molecular weight excluding hydrogens is 187 g/mol. The van der Waals surface area contributed by atoms with E-state index < -0.39 is 0 Å². The summed E-state index contributed by atoms with van der Waals surface area (Å²) in [6, 6.07) is 5.95. The largest absolute Gasteiger partial charge is 0.496 e. The molecule has 14 heavy (non-hydrogen) atoms. The summed E-state index contributed by atoms with van der Waals surface area (Å²) in [5, 5.41) is 8.99. The van der Waals surface area contributed by atoms with Gasteiger partial charge in [-0.05, 0) is 18.1 Å². The molecule has 1 N–H and O–H groups in total. The minimum Gasteiger partial charge on any atom is -0.496 e. The molecule has 73 valence electrons. The molecule has 0 saturated carbocycles. The maximum Gasteiger partial charge on any atom is 0.124 e. The van der Waals surface area contributed by atoms with Crippen LogP contribution in [0.1, 0.15) is 24.5 Å². The third-order valence-corrected chi connectivity index (χ3v) is 2.06. The minimum atomic E-state index is 0. The summed E-state index contributed by atoms with van der Waals surface area (Å²) in [5.41, 5.74) is 2.11. The van der Waals surface area contributed by atoms with E-state index >= 15 is 0 Å². The molecule has 0 heterocycles. The van der Waals surface area contributed by atoms with Gasteiger partial charge in [0.2, 0.25) is 0 Å². The molecule has 1 aromatic carbocycles. The second-order valence-electron chi connectivity index (χ2n) is 3.05. The summed E-state index contributed by atoms with van der Waals surface area (Å²) in [6.45, 7) is 2.18. The van der Waals surface area contributed by atoms with Gasteiger partial charge >= 0.3 is 0 Å². The Hall–Kier alpha value is -0.0200. The first-order valence-corrected chi connectivity index (χ1v) is 4.58. The Labute approximate surface area is 108 Å². The Morgan fingerprint density at radius 2 is 2.07 bits per heavy atom. The molecule has 0 aliphatic rings. The number of hydrogen-bond acceptors (Lipinski definition) is 2. The second kappa shape index (κ2) is 7.30. The van der Waals surface area contributed by atoms with Crippen LogP contribution in [0.3, 0.4) is 0 Å². The molecule has 0 saturated heterocycles. The van der Waals surface area contributed by atoms with Crippen LogP contribution in [0, 0.1) is 0 Å². The van der Waals surface area contributed by atoms with Crippen molar-refractivity contribution in [2.75, 3.05) is 7.11 Å². The minimum absolute atomic E-state index is 0. The van der Waals surface area contributed by atoms with Crippen LogP contribution < -0.4 is 4.74 Å². The van der Waals surface area contributed by atoms with Crippen LogP contribution in [-0.4, -0.2) is 41.8 Å². The second-order valence-corrected chi connectivity index (χ2v) is 3.05. The van der Waals surface area contributed by atoms with Crippen molar-refractivity contribution in [3.63, 3.8) is 0 Å². The van der Waals surface area contributed by atoms with Crippen molar-refractivity contribution in [2.45, 2.75) is 26.4 Å². The van der Waals surface area contributed by atoms with E-state index in [0.29, 0.717) is 0 Å². The zero-order valence-electron chi connectivity index (χ0n) is 9.21. The van der Waals surface area contributed by atoms with Gasteiger partial charge in [-0.15, -0.1) is 0 Å². The monoisotopic (exact) mass is 203 g/mol. The van der Waals surface area contributed by atoms with Crippen molar-refractivity contribution in [3.05, 3.63) is 29.3 Å². The Morgan fingerprint density at radius 3 is 2.57 bits per heavy atom. The molecule has 0 unspecified atom stereocenters. The topological polar surface area (TPSA) is 29.5 Å². The standard InChI is InChI=1S/C11H16O2.Na/c1-3-4-9-5-6-10(8-12)11(7-9)13-2;/h5-7,12H,3-4,8H2,1-2H3;. The Morgan fingerprint density at radius 1 is 1.36 bits per heavy atom. The smallest absolute Gasteiger partial charge is 0.124 e. The predicted octanol–water partition coefficient (Wildman–Crippen LogP) is 1.76. The summed E-state index contributed by atoms with van der Waals surface area (Å²) in [7, 11) is 1.63. The number of hydrogen-bond donors (Lipinski definition) is 1. The van der Waals surface area contributed by atoms with Gasteiger partial charge in [-0.2, -0.15) is 0 Å². The molecule has 1 aromatic rings. The van der Waals surface area contributed by atoms with E-state index in [2.05, 4.69) is 6.92 Å². The van der Waals surface area contributed by atoms with Gasteiger partial charge in [0.1, 0.15) is 5.75 Å². The van der Waals surface area contributed by atoms with Crippen LogP contribution >= 0.6 is 0 Å². The van der Waals surface area contributed by atoms with Gasteiger partial charge in [0, 0.05) is 35.1 Å². The van der Waals surface area contributed by atoms with Gasteiger partial charge in [-0.1, -0.05) is 25.5 Å². The number of aryl methyl sites for hydroxylation is 1. The van der Waals surface area contributed by atoms with E-state index in [1.807, 2.05) is 18.2 Å². The summed E-state index contributed by atoms with van der Waals surface area (Å²) < 4.78 is 5.16. The molecule has 0 spiro atoms. The zero-order valence-corrected chi connectivity index (χ0v) is 11.2. The van der Waals surface area contributed by atoms with Crippen LogP contribution in [-0.2, 0) is 13.0 Å². The third-order valence-electron chi connectivity index (χ3n) is 2.06. The Kier molecular flexibility index (Phi) is 7.28. The fraction of sp³-hybridized carbons (Fsp3) is 0.455. The van der Waals surface area contributed by atoms with Crippen molar-refractivity contribution in [2.24, 2.45) is 0 Å². The summed E-state index contributed by atoms with van der Waals surface area (Å²) in [5.74, 6) is 0.786. The first-order chi connectivity index (χ1) is 6.31. The van der Waals surface area contributed by atoms with Crippen LogP contribution in [0.2, 0.25) is 0 Å². The van der Waals surface area contributed by atoms with E-state index in [4.69, 9.17) is 9.84 Å². The van der Waals surface area contributed by atoms with Crippen LogP contribution in [0.5, 0.6) is 5.75 Å². The van der Waals surface area contributed by atoms with Gasteiger partial charge < -0.3 is 9.84 Å². The van der Waals surface area contributed by atoms with E-state index in [0.717, 1.165) is 24.2 Å². The predicted molar refractivity (Wildman–Crippen MR) is 58.7 cm³/mol. The molecule has 1 radical (unpaired) electrons. The fourth-order valence-corrected chi connectivity index (χ4v) is 1.36. The van der Waals surface area contributed by atoms with E-state index in [-0.39, 0.29) is 36.2 Å². The summed E-state index contributed by atoms with van der Waals surface area (Å²) >= 11 is 0. The molecule has 0 bridgehead atoms. The van der Waals surface area contributed by atoms with Crippen molar-refractivity contribution in [1.82, 2.24) is 0 Å². The van der Waals surface area contributed by atoms with E-state index in [9.17, 15) is 0 Å². The first-order valence-electron chi connectivity index (χ1n) is 4.58. The number of benzene rings is 1. The maximum absolute atomic E-state index is 8.99. The number of rotatable bonds is 4. The van der Waals surface area contributed by atoms with Gasteiger partial charge in [0.05, 0.1) is 13.7 Å². The summed E-state index contributed by atoms with van der Waals surface area (Å²) in [6.07, 6.45) is 2.18. The first kappa shape index (κ1) is 14.0. The number of methoxy groups -OCH3 is 1. The molecule has 1 rings (SSSR count). The average Bonchev–Trinajstić information content (AvgIpc) is 2.18. The molecule has 2 nitrogen and oxygen atoms in total. The van der Waals surface area contributed by atoms with Crippen molar-refractivity contribution in [1.29, 1.82) is 0 Å². The van der Waals surface area contributed by atoms with E-state index in [1.54, 1.807) is 7.11 Å². The summed E-state index contributed by atoms with van der Waals surface area (Å²) in [4.78, 5) is 0. The van der Waals surface area contributed by atoms with E-state index in [1.165, 1.54) is 5.56 Å². The molecule has 0 aromatic heterocycles. The molecule has 0 fully saturated rings. The van der Waals surface area contributed by atoms with Gasteiger partial charge in [0.15, 0.2) is 0 Å². The van der Waals surface area contributed by atoms with Crippen LogP contribution in [0.25, 0.3) is 0 Å². The third kappa shape index (κ3) is 3.62. The van der Waals surface area contributed by atoms with Gasteiger partial charge in [0.25, 0.3) is 0 Å². The quantitative estimate of drug-likeness (QED) is 0.755.